The van der Waals surface area contributed by atoms with Crippen molar-refractivity contribution >= 4 is 5.91 Å². The monoisotopic (exact) mass is 271 g/mol. The number of carbonyl (C=O) groups excluding carboxylic acids is 1. The first-order chi connectivity index (χ1) is 9.84. The fraction of sp³-hybridized carbons (Fsp3) is 0.143. The van der Waals surface area contributed by atoms with Crippen molar-refractivity contribution in [3.63, 3.8) is 0 Å². The Bertz CT molecular complexity index is 608. The number of furan rings is 2. The lowest BCUT2D eigenvalue weighted by Crippen LogP contribution is -2.31. The average Bonchev–Trinajstić information content (AvgIpc) is 3.22. The summed E-state index contributed by atoms with van der Waals surface area (Å²) in [6.07, 6.45) is 7.99. The highest BCUT2D eigenvalue weighted by atomic mass is 16.3. The molecule has 0 radical (unpaired) electrons. The number of carbonyl (C=O) groups is 1. The molecule has 0 saturated carbocycles. The van der Waals surface area contributed by atoms with E-state index < -0.39 is 0 Å². The van der Waals surface area contributed by atoms with Crippen LogP contribution in [0.1, 0.15) is 22.2 Å². The number of nitrogens with zero attached hydrogens (tertiary/aromatic N) is 2. The molecule has 1 amide bonds. The summed E-state index contributed by atoms with van der Waals surface area (Å²) in [5.74, 6) is 0.545. The number of hydrogen-bond acceptors (Lipinski definition) is 4. The smallest absolute Gasteiger partial charge is 0.254 e. The SMILES string of the molecule is O=C(NCC(c1ccco1)n1cccn1)c1ccoc1. The lowest BCUT2D eigenvalue weighted by atomic mass is 10.2. The summed E-state index contributed by atoms with van der Waals surface area (Å²) in [6, 6.07) is 6.93. The molecule has 1 unspecified atom stereocenters. The van der Waals surface area contributed by atoms with Gasteiger partial charge in [-0.25, -0.2) is 0 Å². The van der Waals surface area contributed by atoms with Crippen LogP contribution in [0.4, 0.5) is 0 Å². The Hall–Kier alpha value is -2.76. The standard InChI is InChI=1S/C14H13N3O3/c18-14(11-4-8-19-10-11)15-9-12(13-3-1-7-20-13)17-6-2-5-16-17/h1-8,10,12H,9H2,(H,15,18). The van der Waals surface area contributed by atoms with E-state index in [0.717, 1.165) is 5.76 Å². The number of nitrogens with one attached hydrogen (secondary N) is 1. The van der Waals surface area contributed by atoms with Gasteiger partial charge in [-0.15, -0.1) is 0 Å². The molecule has 0 aromatic carbocycles. The van der Waals surface area contributed by atoms with Crippen LogP contribution in [0.3, 0.4) is 0 Å². The highest BCUT2D eigenvalue weighted by Gasteiger charge is 2.18. The van der Waals surface area contributed by atoms with Crippen LogP contribution in [0, 0.1) is 0 Å². The summed E-state index contributed by atoms with van der Waals surface area (Å²) >= 11 is 0. The molecule has 3 aromatic rings. The van der Waals surface area contributed by atoms with E-state index in [1.54, 1.807) is 23.2 Å². The fourth-order valence-electron chi connectivity index (χ4n) is 1.96. The molecule has 3 heterocycles. The zero-order valence-corrected chi connectivity index (χ0v) is 10.6. The Morgan fingerprint density at radius 1 is 1.35 bits per heavy atom. The molecule has 1 atom stereocenters. The van der Waals surface area contributed by atoms with Gasteiger partial charge in [-0.3, -0.25) is 9.48 Å². The molecule has 0 fully saturated rings. The Morgan fingerprint density at radius 2 is 2.30 bits per heavy atom. The van der Waals surface area contributed by atoms with Crippen LogP contribution in [-0.4, -0.2) is 22.2 Å². The summed E-state index contributed by atoms with van der Waals surface area (Å²) < 4.78 is 12.0. The van der Waals surface area contributed by atoms with E-state index in [-0.39, 0.29) is 11.9 Å². The summed E-state index contributed by atoms with van der Waals surface area (Å²) in [7, 11) is 0. The van der Waals surface area contributed by atoms with Crippen LogP contribution < -0.4 is 5.32 Å². The molecule has 20 heavy (non-hydrogen) atoms. The van der Waals surface area contributed by atoms with Gasteiger partial charge in [0.15, 0.2) is 0 Å². The van der Waals surface area contributed by atoms with Crippen molar-refractivity contribution < 1.29 is 13.6 Å². The Kier molecular flexibility index (Phi) is 3.36. The maximum atomic E-state index is 11.9. The van der Waals surface area contributed by atoms with Gasteiger partial charge in [0.2, 0.25) is 0 Å². The summed E-state index contributed by atoms with van der Waals surface area (Å²) in [5.41, 5.74) is 0.490. The van der Waals surface area contributed by atoms with Crippen molar-refractivity contribution in [2.45, 2.75) is 6.04 Å². The van der Waals surface area contributed by atoms with Gasteiger partial charge in [0.25, 0.3) is 5.91 Å². The zero-order chi connectivity index (χ0) is 13.8. The molecule has 0 saturated heterocycles. The van der Waals surface area contributed by atoms with Crippen molar-refractivity contribution in [2.75, 3.05) is 6.54 Å². The van der Waals surface area contributed by atoms with Crippen LogP contribution in [0.5, 0.6) is 0 Å². The molecule has 0 aliphatic heterocycles. The Morgan fingerprint density at radius 3 is 2.95 bits per heavy atom. The van der Waals surface area contributed by atoms with Crippen molar-refractivity contribution in [1.82, 2.24) is 15.1 Å². The van der Waals surface area contributed by atoms with E-state index in [2.05, 4.69) is 10.4 Å². The molecule has 1 N–H and O–H groups in total. The number of hydrogen-bond donors (Lipinski definition) is 1. The predicted molar refractivity (Wildman–Crippen MR) is 70.1 cm³/mol. The highest BCUT2D eigenvalue weighted by molar-refractivity contribution is 5.93. The normalized spacial score (nSPS) is 12.2. The quantitative estimate of drug-likeness (QED) is 0.771. The molecule has 3 aromatic heterocycles. The van der Waals surface area contributed by atoms with Gasteiger partial charge in [0, 0.05) is 18.9 Å². The lowest BCUT2D eigenvalue weighted by molar-refractivity contribution is 0.0947. The Labute approximate surface area is 115 Å². The van der Waals surface area contributed by atoms with E-state index in [4.69, 9.17) is 8.83 Å². The number of amides is 1. The highest BCUT2D eigenvalue weighted by Crippen LogP contribution is 2.17. The molecule has 0 bridgehead atoms. The minimum atomic E-state index is -0.192. The molecule has 0 spiro atoms. The third-order valence-electron chi connectivity index (χ3n) is 2.96. The molecule has 3 rings (SSSR count). The minimum Gasteiger partial charge on any atom is -0.472 e. The van der Waals surface area contributed by atoms with E-state index >= 15 is 0 Å². The molecular formula is C14H13N3O3. The van der Waals surface area contributed by atoms with Crippen molar-refractivity contribution in [3.8, 4) is 0 Å². The van der Waals surface area contributed by atoms with Gasteiger partial charge in [0.05, 0.1) is 18.1 Å². The molecular weight excluding hydrogens is 258 g/mol. The van der Waals surface area contributed by atoms with E-state index in [1.165, 1.54) is 12.5 Å². The van der Waals surface area contributed by atoms with Crippen LogP contribution in [0.25, 0.3) is 0 Å². The van der Waals surface area contributed by atoms with Gasteiger partial charge in [-0.1, -0.05) is 0 Å². The number of aromatic nitrogens is 2. The largest absolute Gasteiger partial charge is 0.472 e. The van der Waals surface area contributed by atoms with Gasteiger partial charge in [-0.05, 0) is 24.3 Å². The second kappa shape index (κ2) is 5.48. The summed E-state index contributed by atoms with van der Waals surface area (Å²) in [6.45, 7) is 0.374. The van der Waals surface area contributed by atoms with Crippen molar-refractivity contribution in [2.24, 2.45) is 0 Å². The van der Waals surface area contributed by atoms with E-state index in [9.17, 15) is 4.79 Å². The predicted octanol–water partition coefficient (Wildman–Crippen LogP) is 2.09. The average molecular weight is 271 g/mol. The van der Waals surface area contributed by atoms with E-state index in [0.29, 0.717) is 12.1 Å². The van der Waals surface area contributed by atoms with Gasteiger partial charge in [-0.2, -0.15) is 5.10 Å². The first-order valence-electron chi connectivity index (χ1n) is 6.17. The minimum absolute atomic E-state index is 0.184. The van der Waals surface area contributed by atoms with Crippen molar-refractivity contribution in [3.05, 3.63) is 66.8 Å². The molecule has 0 aliphatic carbocycles. The summed E-state index contributed by atoms with van der Waals surface area (Å²) in [4.78, 5) is 11.9. The maximum absolute atomic E-state index is 11.9. The van der Waals surface area contributed by atoms with Gasteiger partial charge < -0.3 is 14.2 Å². The molecule has 6 heteroatoms. The second-order valence-corrected chi connectivity index (χ2v) is 4.24. The molecule has 102 valence electrons. The topological polar surface area (TPSA) is 73.2 Å². The third kappa shape index (κ3) is 2.49. The Balaban J connectivity index is 1.73. The maximum Gasteiger partial charge on any atom is 0.254 e. The van der Waals surface area contributed by atoms with Gasteiger partial charge in [0.1, 0.15) is 18.1 Å². The zero-order valence-electron chi connectivity index (χ0n) is 10.6. The first kappa shape index (κ1) is 12.3. The van der Waals surface area contributed by atoms with Gasteiger partial charge >= 0.3 is 0 Å². The van der Waals surface area contributed by atoms with Crippen LogP contribution in [0.2, 0.25) is 0 Å². The summed E-state index contributed by atoms with van der Waals surface area (Å²) in [5, 5.41) is 7.04. The van der Waals surface area contributed by atoms with Crippen LogP contribution >= 0.6 is 0 Å². The lowest BCUT2D eigenvalue weighted by Gasteiger charge is -2.15. The third-order valence-corrected chi connectivity index (χ3v) is 2.96. The van der Waals surface area contributed by atoms with Crippen LogP contribution in [0.15, 0.2) is 64.3 Å². The van der Waals surface area contributed by atoms with Crippen molar-refractivity contribution in [1.29, 1.82) is 0 Å². The molecule has 6 nitrogen and oxygen atoms in total. The number of rotatable bonds is 5. The van der Waals surface area contributed by atoms with E-state index in [1.807, 2.05) is 24.4 Å². The first-order valence-corrected chi connectivity index (χ1v) is 6.17. The van der Waals surface area contributed by atoms with Crippen LogP contribution in [-0.2, 0) is 0 Å². The second-order valence-electron chi connectivity index (χ2n) is 4.24. The molecule has 0 aliphatic rings. The fourth-order valence-corrected chi connectivity index (χ4v) is 1.96.